The maximum atomic E-state index is 12.3. The van der Waals surface area contributed by atoms with Crippen LogP contribution < -0.4 is 10.6 Å². The molecule has 1 amide bonds. The Hall–Kier alpha value is -1.43. The van der Waals surface area contributed by atoms with Crippen molar-refractivity contribution < 1.29 is 9.53 Å². The second kappa shape index (κ2) is 9.80. The summed E-state index contributed by atoms with van der Waals surface area (Å²) >= 11 is 8.65. The van der Waals surface area contributed by atoms with E-state index in [2.05, 4.69) is 62.8 Å². The summed E-state index contributed by atoms with van der Waals surface area (Å²) in [6, 6.07) is 1.10. The zero-order chi connectivity index (χ0) is 21.9. The highest BCUT2D eigenvalue weighted by atomic mass is 127. The van der Waals surface area contributed by atoms with Gasteiger partial charge in [-0.1, -0.05) is 43.4 Å². The Labute approximate surface area is 196 Å². The van der Waals surface area contributed by atoms with E-state index in [1.54, 1.807) is 7.05 Å². The fourth-order valence-electron chi connectivity index (χ4n) is 3.16. The smallest absolute Gasteiger partial charge is 0.229 e. The van der Waals surface area contributed by atoms with Crippen LogP contribution in [-0.2, 0) is 16.3 Å². The highest BCUT2D eigenvalue weighted by Gasteiger charge is 2.25. The summed E-state index contributed by atoms with van der Waals surface area (Å²) in [4.78, 5) is 21.4. The molecule has 1 atom stereocenters. The van der Waals surface area contributed by atoms with Crippen molar-refractivity contribution in [2.75, 3.05) is 19.0 Å². The molecule has 0 radical (unpaired) electrons. The van der Waals surface area contributed by atoms with Gasteiger partial charge in [0.25, 0.3) is 0 Å². The zero-order valence-electron chi connectivity index (χ0n) is 17.6. The first-order chi connectivity index (χ1) is 14.2. The molecule has 3 rings (SSSR count). The molecule has 0 aliphatic heterocycles. The van der Waals surface area contributed by atoms with Gasteiger partial charge in [-0.2, -0.15) is 0 Å². The van der Waals surface area contributed by atoms with Crippen LogP contribution in [0.2, 0.25) is 30.7 Å². The Morgan fingerprint density at radius 3 is 2.87 bits per heavy atom. The molecular weight excluding hydrogens is 533 g/mol. The van der Waals surface area contributed by atoms with Crippen LogP contribution in [0.4, 0.5) is 5.82 Å². The minimum atomic E-state index is -1.15. The Balaban J connectivity index is 1.87. The van der Waals surface area contributed by atoms with Crippen LogP contribution in [0.25, 0.3) is 11.0 Å². The van der Waals surface area contributed by atoms with E-state index in [1.165, 1.54) is 0 Å². The van der Waals surface area contributed by atoms with Gasteiger partial charge in [-0.05, 0) is 18.5 Å². The van der Waals surface area contributed by atoms with Crippen LogP contribution in [0.1, 0.15) is 6.42 Å². The molecular formula is C20H27ClIN5O2Si. The number of allylic oxidation sites excluding steroid dienone is 3. The van der Waals surface area contributed by atoms with Crippen molar-refractivity contribution in [1.29, 1.82) is 0 Å². The monoisotopic (exact) mass is 559 g/mol. The highest BCUT2D eigenvalue weighted by molar-refractivity contribution is 14.1. The first-order valence-electron chi connectivity index (χ1n) is 9.84. The molecule has 0 fully saturated rings. The molecule has 2 heterocycles. The van der Waals surface area contributed by atoms with E-state index in [9.17, 15) is 4.79 Å². The van der Waals surface area contributed by atoms with Gasteiger partial charge < -0.3 is 19.9 Å². The van der Waals surface area contributed by atoms with Crippen molar-refractivity contribution in [2.24, 2.45) is 5.92 Å². The van der Waals surface area contributed by atoms with Crippen molar-refractivity contribution in [3.05, 3.63) is 39.0 Å². The van der Waals surface area contributed by atoms with E-state index in [4.69, 9.17) is 16.3 Å². The second-order valence-electron chi connectivity index (χ2n) is 8.41. The Morgan fingerprint density at radius 2 is 2.17 bits per heavy atom. The van der Waals surface area contributed by atoms with Gasteiger partial charge in [-0.25, -0.2) is 9.97 Å². The van der Waals surface area contributed by atoms with Crippen LogP contribution in [0.5, 0.6) is 0 Å². The molecule has 2 aromatic rings. The first-order valence-corrected chi connectivity index (χ1v) is 15.0. The number of carbonyl (C=O) groups excluding carboxylic acids is 1. The number of anilines is 1. The number of fused-ring (bicyclic) bond motifs is 1. The van der Waals surface area contributed by atoms with Gasteiger partial charge in [0.15, 0.2) is 3.83 Å². The first kappa shape index (κ1) is 23.2. The van der Waals surface area contributed by atoms with Crippen LogP contribution >= 0.6 is 34.2 Å². The lowest BCUT2D eigenvalue weighted by molar-refractivity contribution is -0.123. The van der Waals surface area contributed by atoms with Crippen molar-refractivity contribution in [2.45, 2.75) is 38.8 Å². The minimum absolute atomic E-state index is 0.0439. The van der Waals surface area contributed by atoms with E-state index < -0.39 is 8.07 Å². The number of halogens is 2. The number of rotatable bonds is 8. The molecule has 0 bridgehead atoms. The van der Waals surface area contributed by atoms with Gasteiger partial charge in [0, 0.05) is 56.2 Å². The lowest BCUT2D eigenvalue weighted by Gasteiger charge is -2.21. The fourth-order valence-corrected chi connectivity index (χ4v) is 4.68. The van der Waals surface area contributed by atoms with Gasteiger partial charge in [0.2, 0.25) is 5.91 Å². The molecule has 0 saturated carbocycles. The molecule has 0 saturated heterocycles. The van der Waals surface area contributed by atoms with Crippen LogP contribution in [0.15, 0.2) is 30.1 Å². The average molecular weight is 560 g/mol. The molecule has 10 heteroatoms. The fraction of sp³-hybridized carbons (Fsp3) is 0.450. The van der Waals surface area contributed by atoms with Crippen LogP contribution in [-0.4, -0.2) is 42.2 Å². The van der Waals surface area contributed by atoms with E-state index in [0.717, 1.165) is 17.1 Å². The number of nitrogens with one attached hydrogen (secondary N) is 2. The summed E-state index contributed by atoms with van der Waals surface area (Å²) in [7, 11) is 0.495. The van der Waals surface area contributed by atoms with Crippen LogP contribution in [0.3, 0.4) is 0 Å². The Kier molecular flexibility index (Phi) is 7.59. The van der Waals surface area contributed by atoms with Crippen molar-refractivity contribution in [3.8, 4) is 0 Å². The van der Waals surface area contributed by atoms with Crippen molar-refractivity contribution in [1.82, 2.24) is 19.9 Å². The Bertz CT molecular complexity index is 999. The largest absolute Gasteiger partial charge is 0.361 e. The van der Waals surface area contributed by atoms with E-state index in [1.807, 2.05) is 29.0 Å². The molecule has 1 aliphatic carbocycles. The summed E-state index contributed by atoms with van der Waals surface area (Å²) < 4.78 is 8.38. The van der Waals surface area contributed by atoms with Crippen molar-refractivity contribution >= 4 is 65.0 Å². The standard InChI is InChI=1S/C20H27ClIN5O2Si/c1-23-19(28)13-7-5-6-8-15(13)24-17-16-14(21)11-27(18(16)26-20(22)25-17)12-29-9-10-30(2,3)4/h5-6,8,11,13H,7,9-10,12H2,1-4H3,(H,23,28)(H,24,25,26). The van der Waals surface area contributed by atoms with Crippen molar-refractivity contribution in [3.63, 3.8) is 0 Å². The summed E-state index contributed by atoms with van der Waals surface area (Å²) in [5, 5.41) is 7.32. The number of nitrogens with zero attached hydrogens (tertiary/aromatic N) is 3. The molecule has 7 nitrogen and oxygen atoms in total. The van der Waals surface area contributed by atoms with E-state index in [0.29, 0.717) is 40.1 Å². The van der Waals surface area contributed by atoms with E-state index >= 15 is 0 Å². The number of hydrogen-bond acceptors (Lipinski definition) is 5. The minimum Gasteiger partial charge on any atom is -0.361 e. The number of hydrogen-bond donors (Lipinski definition) is 2. The normalized spacial score (nSPS) is 16.6. The maximum Gasteiger partial charge on any atom is 0.229 e. The number of carbonyl (C=O) groups is 1. The van der Waals surface area contributed by atoms with Gasteiger partial charge in [0.05, 0.1) is 16.3 Å². The SMILES string of the molecule is CNC(=O)C1CC=CC=C1Nc1nc(I)nc2c1c(Cl)cn2COCC[Si](C)(C)C. The topological polar surface area (TPSA) is 81.1 Å². The molecule has 0 aromatic carbocycles. The molecule has 2 N–H and O–H groups in total. The third-order valence-corrected chi connectivity index (χ3v) is 7.33. The molecule has 2 aromatic heterocycles. The van der Waals surface area contributed by atoms with E-state index in [-0.39, 0.29) is 11.8 Å². The van der Waals surface area contributed by atoms with Gasteiger partial charge in [0.1, 0.15) is 18.2 Å². The van der Waals surface area contributed by atoms with Gasteiger partial charge >= 0.3 is 0 Å². The molecule has 30 heavy (non-hydrogen) atoms. The highest BCUT2D eigenvalue weighted by Crippen LogP contribution is 2.33. The quantitative estimate of drug-likeness (QED) is 0.214. The molecule has 1 aliphatic rings. The number of aromatic nitrogens is 3. The third-order valence-electron chi connectivity index (χ3n) is 4.85. The summed E-state index contributed by atoms with van der Waals surface area (Å²) in [5.41, 5.74) is 1.49. The summed E-state index contributed by atoms with van der Waals surface area (Å²) in [6.07, 6.45) is 8.26. The zero-order valence-corrected chi connectivity index (χ0v) is 21.5. The predicted octanol–water partition coefficient (Wildman–Crippen LogP) is 4.62. The van der Waals surface area contributed by atoms with Gasteiger partial charge in [-0.15, -0.1) is 0 Å². The average Bonchev–Trinajstić information content (AvgIpc) is 3.00. The number of amides is 1. The molecule has 1 unspecified atom stereocenters. The maximum absolute atomic E-state index is 12.3. The van der Waals surface area contributed by atoms with Gasteiger partial charge in [-0.3, -0.25) is 4.79 Å². The summed E-state index contributed by atoms with van der Waals surface area (Å²) in [5.74, 6) is 0.247. The predicted molar refractivity (Wildman–Crippen MR) is 132 cm³/mol. The molecule has 162 valence electrons. The third kappa shape index (κ3) is 5.62. The summed E-state index contributed by atoms with van der Waals surface area (Å²) in [6.45, 7) is 8.08. The lowest BCUT2D eigenvalue weighted by Crippen LogP contribution is -2.31. The van der Waals surface area contributed by atoms with Crippen LogP contribution in [0, 0.1) is 9.75 Å². The second-order valence-corrected chi connectivity index (χ2v) is 15.4. The number of ether oxygens (including phenoxy) is 1. The Morgan fingerprint density at radius 1 is 1.40 bits per heavy atom. The molecule has 0 spiro atoms. The lowest BCUT2D eigenvalue weighted by atomic mass is 9.95.